The van der Waals surface area contributed by atoms with Gasteiger partial charge in [0.15, 0.2) is 0 Å². The Bertz CT molecular complexity index is 821. The lowest BCUT2D eigenvalue weighted by atomic mass is 9.84. The number of aliphatic hydroxyl groups is 1. The molecule has 2 heterocycles. The zero-order valence-corrected chi connectivity index (χ0v) is 15.7. The molecule has 10 heteroatoms. The highest BCUT2D eigenvalue weighted by Gasteiger charge is 2.47. The average Bonchev–Trinajstić information content (AvgIpc) is 2.63. The van der Waals surface area contributed by atoms with Gasteiger partial charge >= 0.3 is 0 Å². The number of hydrogen-bond donors (Lipinski definition) is 1. The predicted octanol–water partition coefficient (Wildman–Crippen LogP) is 0.484. The average molecular weight is 390 g/mol. The van der Waals surface area contributed by atoms with Gasteiger partial charge in [0.2, 0.25) is 5.91 Å². The van der Waals surface area contributed by atoms with Crippen LogP contribution >= 0.6 is 0 Å². The minimum Gasteiger partial charge on any atom is -0.485 e. The number of carbonyl (C=O) groups is 1. The molecule has 1 amide bonds. The Labute approximate surface area is 162 Å². The van der Waals surface area contributed by atoms with Crippen LogP contribution in [0.5, 0.6) is 5.75 Å². The SMILES string of the molecule is CC1(C)Oc2ccc(C#N)cc2C(N2CCN(CCO[N+](=O)[O-])CC2=O)C1O. The van der Waals surface area contributed by atoms with Gasteiger partial charge in [0.05, 0.1) is 24.2 Å². The van der Waals surface area contributed by atoms with E-state index < -0.39 is 22.8 Å². The third-order valence-electron chi connectivity index (χ3n) is 5.12. The van der Waals surface area contributed by atoms with Crippen LogP contribution in [-0.2, 0) is 9.63 Å². The number of amides is 1. The molecule has 0 aliphatic carbocycles. The quantitative estimate of drug-likeness (QED) is 0.568. The van der Waals surface area contributed by atoms with Crippen LogP contribution in [-0.4, -0.2) is 70.4 Å². The first kappa shape index (κ1) is 19.9. The van der Waals surface area contributed by atoms with Crippen molar-refractivity contribution in [2.75, 3.05) is 32.8 Å². The molecule has 1 aromatic carbocycles. The fourth-order valence-electron chi connectivity index (χ4n) is 3.64. The lowest BCUT2D eigenvalue weighted by Crippen LogP contribution is -2.59. The first-order valence-corrected chi connectivity index (χ1v) is 8.93. The Morgan fingerprint density at radius 1 is 1.46 bits per heavy atom. The Morgan fingerprint density at radius 2 is 2.21 bits per heavy atom. The lowest BCUT2D eigenvalue weighted by molar-refractivity contribution is -0.757. The van der Waals surface area contributed by atoms with E-state index in [1.807, 2.05) is 0 Å². The summed E-state index contributed by atoms with van der Waals surface area (Å²) in [5.41, 5.74) is 0.106. The minimum absolute atomic E-state index is 0.0683. The van der Waals surface area contributed by atoms with Crippen LogP contribution in [0, 0.1) is 21.4 Å². The van der Waals surface area contributed by atoms with Crippen molar-refractivity contribution < 1.29 is 24.6 Å². The summed E-state index contributed by atoms with van der Waals surface area (Å²) in [7, 11) is 0. The molecule has 1 fully saturated rings. The van der Waals surface area contributed by atoms with Gasteiger partial charge in [0.25, 0.3) is 5.09 Å². The maximum absolute atomic E-state index is 12.8. The Morgan fingerprint density at radius 3 is 2.86 bits per heavy atom. The number of rotatable bonds is 5. The second-order valence-electron chi connectivity index (χ2n) is 7.38. The monoisotopic (exact) mass is 390 g/mol. The summed E-state index contributed by atoms with van der Waals surface area (Å²) in [4.78, 5) is 30.7. The standard InChI is InChI=1S/C18H22N4O6/c1-18(2)17(24)16(13-9-12(10-19)3-4-14(13)28-18)21-6-5-20(11-15(21)23)7-8-27-22(25)26/h3-4,9,16-17,24H,5-8,11H2,1-2H3. The third-order valence-corrected chi connectivity index (χ3v) is 5.12. The minimum atomic E-state index is -0.984. The molecule has 1 saturated heterocycles. The summed E-state index contributed by atoms with van der Waals surface area (Å²) >= 11 is 0. The fraction of sp³-hybridized carbons (Fsp3) is 0.556. The van der Waals surface area contributed by atoms with Crippen molar-refractivity contribution in [2.45, 2.75) is 31.6 Å². The summed E-state index contributed by atoms with van der Waals surface area (Å²) in [5, 5.41) is 29.5. The van der Waals surface area contributed by atoms with Crippen LogP contribution in [0.25, 0.3) is 0 Å². The molecule has 2 aliphatic heterocycles. The molecule has 3 rings (SSSR count). The predicted molar refractivity (Wildman–Crippen MR) is 95.7 cm³/mol. The number of ether oxygens (including phenoxy) is 1. The molecule has 0 spiro atoms. The number of hydrogen-bond acceptors (Lipinski definition) is 8. The molecule has 10 nitrogen and oxygen atoms in total. The number of nitriles is 1. The van der Waals surface area contributed by atoms with Crippen molar-refractivity contribution in [2.24, 2.45) is 0 Å². The summed E-state index contributed by atoms with van der Waals surface area (Å²) in [6.07, 6.45) is -0.984. The first-order chi connectivity index (χ1) is 13.2. The molecule has 150 valence electrons. The van der Waals surface area contributed by atoms with Gasteiger partial charge in [-0.3, -0.25) is 9.69 Å². The second-order valence-corrected chi connectivity index (χ2v) is 7.38. The van der Waals surface area contributed by atoms with E-state index >= 15 is 0 Å². The van der Waals surface area contributed by atoms with Crippen LogP contribution in [0.4, 0.5) is 0 Å². The molecule has 0 bridgehead atoms. The molecule has 0 radical (unpaired) electrons. The van der Waals surface area contributed by atoms with E-state index in [1.54, 1.807) is 41.8 Å². The molecule has 2 unspecified atom stereocenters. The van der Waals surface area contributed by atoms with Crippen LogP contribution < -0.4 is 4.74 Å². The zero-order chi connectivity index (χ0) is 20.5. The maximum Gasteiger partial charge on any atom is 0.294 e. The van der Waals surface area contributed by atoms with E-state index in [4.69, 9.17) is 4.74 Å². The van der Waals surface area contributed by atoms with Gasteiger partial charge in [0, 0.05) is 25.2 Å². The molecular formula is C18H22N4O6. The Hall–Kier alpha value is -2.90. The summed E-state index contributed by atoms with van der Waals surface area (Å²) in [5.74, 6) is 0.330. The van der Waals surface area contributed by atoms with Gasteiger partial charge in [-0.25, -0.2) is 0 Å². The van der Waals surface area contributed by atoms with Crippen LogP contribution in [0.3, 0.4) is 0 Å². The molecule has 28 heavy (non-hydrogen) atoms. The van der Waals surface area contributed by atoms with E-state index in [-0.39, 0.29) is 25.6 Å². The number of carbonyl (C=O) groups excluding carboxylic acids is 1. The van der Waals surface area contributed by atoms with Crippen molar-refractivity contribution >= 4 is 5.91 Å². The Balaban J connectivity index is 1.82. The largest absolute Gasteiger partial charge is 0.485 e. The summed E-state index contributed by atoms with van der Waals surface area (Å²) < 4.78 is 5.90. The summed E-state index contributed by atoms with van der Waals surface area (Å²) in [6.45, 7) is 4.55. The molecule has 1 aromatic rings. The smallest absolute Gasteiger partial charge is 0.294 e. The second kappa shape index (κ2) is 7.61. The highest BCUT2D eigenvalue weighted by atomic mass is 16.9. The lowest BCUT2D eigenvalue weighted by Gasteiger charge is -2.48. The molecule has 0 aromatic heterocycles. The number of nitrogens with zero attached hydrogens (tertiary/aromatic N) is 4. The molecule has 2 atom stereocenters. The van der Waals surface area contributed by atoms with Gasteiger partial charge in [-0.15, -0.1) is 10.1 Å². The van der Waals surface area contributed by atoms with Crippen molar-refractivity contribution in [1.29, 1.82) is 5.26 Å². The van der Waals surface area contributed by atoms with E-state index in [9.17, 15) is 25.3 Å². The van der Waals surface area contributed by atoms with Gasteiger partial charge < -0.3 is 19.6 Å². The van der Waals surface area contributed by atoms with Crippen molar-refractivity contribution in [3.63, 3.8) is 0 Å². The molecule has 2 aliphatic rings. The topological polar surface area (TPSA) is 129 Å². The number of benzene rings is 1. The van der Waals surface area contributed by atoms with E-state index in [0.717, 1.165) is 0 Å². The van der Waals surface area contributed by atoms with Gasteiger partial charge in [-0.2, -0.15) is 5.26 Å². The van der Waals surface area contributed by atoms with Crippen LogP contribution in [0.1, 0.15) is 31.0 Å². The van der Waals surface area contributed by atoms with Crippen LogP contribution in [0.15, 0.2) is 18.2 Å². The third kappa shape index (κ3) is 3.85. The van der Waals surface area contributed by atoms with Crippen molar-refractivity contribution in [1.82, 2.24) is 9.80 Å². The highest BCUT2D eigenvalue weighted by molar-refractivity contribution is 5.80. The summed E-state index contributed by atoms with van der Waals surface area (Å²) in [6, 6.07) is 6.39. The number of aliphatic hydroxyl groups excluding tert-OH is 1. The van der Waals surface area contributed by atoms with Crippen LogP contribution in [0.2, 0.25) is 0 Å². The molecular weight excluding hydrogens is 368 g/mol. The van der Waals surface area contributed by atoms with Gasteiger partial charge in [-0.05, 0) is 32.0 Å². The van der Waals surface area contributed by atoms with Gasteiger partial charge in [-0.1, -0.05) is 0 Å². The molecule has 1 N–H and O–H groups in total. The van der Waals surface area contributed by atoms with Gasteiger partial charge in [0.1, 0.15) is 24.1 Å². The van der Waals surface area contributed by atoms with E-state index in [0.29, 0.717) is 30.0 Å². The maximum atomic E-state index is 12.8. The van der Waals surface area contributed by atoms with Crippen molar-refractivity contribution in [3.8, 4) is 11.8 Å². The first-order valence-electron chi connectivity index (χ1n) is 8.93. The molecule has 0 saturated carbocycles. The fourth-order valence-corrected chi connectivity index (χ4v) is 3.64. The highest BCUT2D eigenvalue weighted by Crippen LogP contribution is 2.43. The number of piperazine rings is 1. The van der Waals surface area contributed by atoms with E-state index in [1.165, 1.54) is 0 Å². The zero-order valence-electron chi connectivity index (χ0n) is 15.7. The van der Waals surface area contributed by atoms with E-state index in [2.05, 4.69) is 10.9 Å². The van der Waals surface area contributed by atoms with Crippen molar-refractivity contribution in [3.05, 3.63) is 39.4 Å². The normalized spacial score (nSPS) is 24.1. The number of fused-ring (bicyclic) bond motifs is 1. The Kier molecular flexibility index (Phi) is 5.40.